The van der Waals surface area contributed by atoms with Crippen molar-refractivity contribution in [2.45, 2.75) is 50.5 Å². The summed E-state index contributed by atoms with van der Waals surface area (Å²) in [5, 5.41) is 0. The Morgan fingerprint density at radius 3 is 2.60 bits per heavy atom. The molecule has 2 nitrogen and oxygen atoms in total. The lowest BCUT2D eigenvalue weighted by atomic mass is 9.96. The number of furan rings is 1. The standard InChI is InChI=1S/C13H19NO/c1-8-7-10(8)11-3-4-12(15-11)13(5-6-13)9(2)14/h3-4,8-10H,5-7,14H2,1-2H3. The van der Waals surface area contributed by atoms with Crippen LogP contribution in [0.15, 0.2) is 16.5 Å². The van der Waals surface area contributed by atoms with Gasteiger partial charge in [0, 0.05) is 17.4 Å². The molecule has 0 amide bonds. The quantitative estimate of drug-likeness (QED) is 0.824. The minimum Gasteiger partial charge on any atom is -0.465 e. The molecular formula is C13H19NO. The summed E-state index contributed by atoms with van der Waals surface area (Å²) in [6.07, 6.45) is 3.67. The van der Waals surface area contributed by atoms with Crippen LogP contribution >= 0.6 is 0 Å². The molecule has 0 saturated heterocycles. The zero-order chi connectivity index (χ0) is 10.6. The molecule has 82 valence electrons. The van der Waals surface area contributed by atoms with Crippen molar-refractivity contribution in [3.05, 3.63) is 23.7 Å². The van der Waals surface area contributed by atoms with Gasteiger partial charge in [-0.1, -0.05) is 6.92 Å². The summed E-state index contributed by atoms with van der Waals surface area (Å²) < 4.78 is 5.99. The molecule has 2 N–H and O–H groups in total. The van der Waals surface area contributed by atoms with Crippen molar-refractivity contribution in [2.75, 3.05) is 0 Å². The van der Waals surface area contributed by atoms with E-state index < -0.39 is 0 Å². The molecule has 2 saturated carbocycles. The largest absolute Gasteiger partial charge is 0.465 e. The average molecular weight is 205 g/mol. The van der Waals surface area contributed by atoms with Crippen molar-refractivity contribution >= 4 is 0 Å². The molecule has 2 aliphatic rings. The molecule has 0 radical (unpaired) electrons. The molecule has 3 unspecified atom stereocenters. The zero-order valence-corrected chi connectivity index (χ0v) is 9.49. The highest BCUT2D eigenvalue weighted by Crippen LogP contribution is 2.53. The van der Waals surface area contributed by atoms with Gasteiger partial charge >= 0.3 is 0 Å². The Hall–Kier alpha value is -0.760. The van der Waals surface area contributed by atoms with Gasteiger partial charge < -0.3 is 10.2 Å². The lowest BCUT2D eigenvalue weighted by Crippen LogP contribution is -2.31. The Kier molecular flexibility index (Phi) is 1.82. The summed E-state index contributed by atoms with van der Waals surface area (Å²) in [5.41, 5.74) is 6.21. The van der Waals surface area contributed by atoms with Crippen LogP contribution in [0.5, 0.6) is 0 Å². The van der Waals surface area contributed by atoms with Crippen LogP contribution in [0.2, 0.25) is 0 Å². The maximum absolute atomic E-state index is 6.03. The summed E-state index contributed by atoms with van der Waals surface area (Å²) in [5.74, 6) is 3.81. The van der Waals surface area contributed by atoms with E-state index in [0.29, 0.717) is 5.92 Å². The van der Waals surface area contributed by atoms with Crippen LogP contribution in [0.4, 0.5) is 0 Å². The van der Waals surface area contributed by atoms with Crippen molar-refractivity contribution < 1.29 is 4.42 Å². The molecule has 2 aliphatic carbocycles. The van der Waals surface area contributed by atoms with E-state index in [2.05, 4.69) is 26.0 Å². The summed E-state index contributed by atoms with van der Waals surface area (Å²) in [7, 11) is 0. The molecule has 3 rings (SSSR count). The van der Waals surface area contributed by atoms with Gasteiger partial charge in [-0.25, -0.2) is 0 Å². The molecule has 2 fully saturated rings. The third kappa shape index (κ3) is 1.35. The van der Waals surface area contributed by atoms with E-state index >= 15 is 0 Å². The molecule has 15 heavy (non-hydrogen) atoms. The van der Waals surface area contributed by atoms with E-state index in [0.717, 1.165) is 11.7 Å². The summed E-state index contributed by atoms with van der Waals surface area (Å²) in [6.45, 7) is 4.38. The first-order valence-corrected chi connectivity index (χ1v) is 5.99. The lowest BCUT2D eigenvalue weighted by molar-refractivity contribution is 0.390. The molecule has 1 aromatic rings. The van der Waals surface area contributed by atoms with E-state index in [-0.39, 0.29) is 11.5 Å². The van der Waals surface area contributed by atoms with Gasteiger partial charge in [0.05, 0.1) is 0 Å². The normalized spacial score (nSPS) is 33.8. The maximum atomic E-state index is 6.03. The fourth-order valence-corrected chi connectivity index (χ4v) is 2.60. The maximum Gasteiger partial charge on any atom is 0.111 e. The predicted octanol–water partition coefficient (Wildman–Crippen LogP) is 2.78. The molecule has 0 spiro atoms. The van der Waals surface area contributed by atoms with Crippen LogP contribution in [0.3, 0.4) is 0 Å². The first kappa shape index (κ1) is 9.46. The van der Waals surface area contributed by atoms with E-state index in [1.807, 2.05) is 0 Å². The van der Waals surface area contributed by atoms with Gasteiger partial charge in [-0.15, -0.1) is 0 Å². The van der Waals surface area contributed by atoms with Crippen molar-refractivity contribution in [3.8, 4) is 0 Å². The number of hydrogen-bond donors (Lipinski definition) is 1. The third-order valence-corrected chi connectivity index (χ3v) is 4.25. The Labute approximate surface area is 90.8 Å². The number of rotatable bonds is 3. The topological polar surface area (TPSA) is 39.2 Å². The third-order valence-electron chi connectivity index (χ3n) is 4.25. The minimum atomic E-state index is 0.177. The van der Waals surface area contributed by atoms with E-state index in [9.17, 15) is 0 Å². The van der Waals surface area contributed by atoms with Crippen molar-refractivity contribution in [1.29, 1.82) is 0 Å². The van der Waals surface area contributed by atoms with Crippen LogP contribution in [-0.2, 0) is 5.41 Å². The average Bonchev–Trinajstić information content (AvgIpc) is 3.08. The van der Waals surface area contributed by atoms with Crippen LogP contribution in [0.25, 0.3) is 0 Å². The second-order valence-corrected chi connectivity index (χ2v) is 5.47. The van der Waals surface area contributed by atoms with Gasteiger partial charge in [0.15, 0.2) is 0 Å². The highest BCUT2D eigenvalue weighted by molar-refractivity contribution is 5.29. The van der Waals surface area contributed by atoms with Gasteiger partial charge in [-0.3, -0.25) is 0 Å². The van der Waals surface area contributed by atoms with Gasteiger partial charge in [0.2, 0.25) is 0 Å². The smallest absolute Gasteiger partial charge is 0.111 e. The van der Waals surface area contributed by atoms with Crippen LogP contribution in [-0.4, -0.2) is 6.04 Å². The number of nitrogens with two attached hydrogens (primary N) is 1. The van der Waals surface area contributed by atoms with Gasteiger partial charge in [-0.2, -0.15) is 0 Å². The van der Waals surface area contributed by atoms with Gasteiger partial charge in [0.25, 0.3) is 0 Å². The molecule has 2 heteroatoms. The Morgan fingerprint density at radius 1 is 1.47 bits per heavy atom. The van der Waals surface area contributed by atoms with Crippen molar-refractivity contribution in [2.24, 2.45) is 11.7 Å². The Bertz CT molecular complexity index is 376. The van der Waals surface area contributed by atoms with Gasteiger partial charge in [0.1, 0.15) is 11.5 Å². The lowest BCUT2D eigenvalue weighted by Gasteiger charge is -2.16. The van der Waals surface area contributed by atoms with Crippen molar-refractivity contribution in [3.63, 3.8) is 0 Å². The summed E-state index contributed by atoms with van der Waals surface area (Å²) in [4.78, 5) is 0. The zero-order valence-electron chi connectivity index (χ0n) is 9.49. The fourth-order valence-electron chi connectivity index (χ4n) is 2.60. The second kappa shape index (κ2) is 2.88. The van der Waals surface area contributed by atoms with Crippen LogP contribution in [0.1, 0.15) is 50.5 Å². The predicted molar refractivity (Wildman–Crippen MR) is 59.8 cm³/mol. The molecule has 0 bridgehead atoms. The highest BCUT2D eigenvalue weighted by atomic mass is 16.3. The van der Waals surface area contributed by atoms with E-state index in [4.69, 9.17) is 10.2 Å². The SMILES string of the molecule is CC1CC1c1ccc(C2(C(C)N)CC2)o1. The molecule has 1 aromatic heterocycles. The first-order chi connectivity index (χ1) is 7.13. The number of hydrogen-bond acceptors (Lipinski definition) is 2. The molecule has 3 atom stereocenters. The Balaban J connectivity index is 1.85. The first-order valence-electron chi connectivity index (χ1n) is 5.99. The van der Waals surface area contributed by atoms with E-state index in [1.165, 1.54) is 25.0 Å². The summed E-state index contributed by atoms with van der Waals surface area (Å²) >= 11 is 0. The summed E-state index contributed by atoms with van der Waals surface area (Å²) in [6, 6.07) is 4.52. The minimum absolute atomic E-state index is 0.177. The highest BCUT2D eigenvalue weighted by Gasteiger charge is 2.50. The second-order valence-electron chi connectivity index (χ2n) is 5.47. The fraction of sp³-hybridized carbons (Fsp3) is 0.692. The van der Waals surface area contributed by atoms with Crippen LogP contribution in [0, 0.1) is 5.92 Å². The molecule has 1 heterocycles. The van der Waals surface area contributed by atoms with Gasteiger partial charge in [-0.05, 0) is 44.2 Å². The Morgan fingerprint density at radius 2 is 2.13 bits per heavy atom. The molecule has 0 aliphatic heterocycles. The van der Waals surface area contributed by atoms with Crippen molar-refractivity contribution in [1.82, 2.24) is 0 Å². The van der Waals surface area contributed by atoms with Crippen LogP contribution < -0.4 is 5.73 Å². The van der Waals surface area contributed by atoms with E-state index in [1.54, 1.807) is 0 Å². The monoisotopic (exact) mass is 205 g/mol. The molecular weight excluding hydrogens is 186 g/mol. The molecule has 0 aromatic carbocycles.